The van der Waals surface area contributed by atoms with E-state index >= 15 is 0 Å². The molecule has 0 aliphatic carbocycles. The van der Waals surface area contributed by atoms with Crippen molar-refractivity contribution in [1.29, 1.82) is 0 Å². The molecular formula is C15H18ClNO2. The highest BCUT2D eigenvalue weighted by Crippen LogP contribution is 2.42. The van der Waals surface area contributed by atoms with Crippen LogP contribution in [0.1, 0.15) is 30.4 Å². The van der Waals surface area contributed by atoms with Crippen LogP contribution in [0.3, 0.4) is 0 Å². The van der Waals surface area contributed by atoms with E-state index in [0.29, 0.717) is 6.04 Å². The van der Waals surface area contributed by atoms with Crippen molar-refractivity contribution in [3.63, 3.8) is 0 Å². The number of hydrogen-bond donors (Lipinski definition) is 1. The van der Waals surface area contributed by atoms with Crippen molar-refractivity contribution in [3.05, 3.63) is 34.3 Å². The van der Waals surface area contributed by atoms with E-state index in [1.807, 2.05) is 12.1 Å². The minimum atomic E-state index is -0.634. The Kier molecular flexibility index (Phi) is 3.27. The Labute approximate surface area is 118 Å². The molecule has 0 amide bonds. The van der Waals surface area contributed by atoms with E-state index < -0.39 is 5.97 Å². The molecule has 2 saturated heterocycles. The van der Waals surface area contributed by atoms with Crippen LogP contribution in [0.2, 0.25) is 5.02 Å². The lowest BCUT2D eigenvalue weighted by Crippen LogP contribution is -2.32. The third kappa shape index (κ3) is 2.26. The molecule has 3 nitrogen and oxygen atoms in total. The van der Waals surface area contributed by atoms with Gasteiger partial charge >= 0.3 is 5.97 Å². The van der Waals surface area contributed by atoms with Gasteiger partial charge in [-0.05, 0) is 49.4 Å². The highest BCUT2D eigenvalue weighted by atomic mass is 35.5. The number of nitrogens with zero attached hydrogens (tertiary/aromatic N) is 1. The van der Waals surface area contributed by atoms with Crippen LogP contribution in [-0.2, 0) is 11.3 Å². The fourth-order valence-electron chi connectivity index (χ4n) is 3.65. The van der Waals surface area contributed by atoms with Gasteiger partial charge in [0.1, 0.15) is 0 Å². The Balaban J connectivity index is 1.79. The van der Waals surface area contributed by atoms with Crippen molar-refractivity contribution in [2.24, 2.45) is 5.92 Å². The average molecular weight is 280 g/mol. The Morgan fingerprint density at radius 1 is 1.47 bits per heavy atom. The van der Waals surface area contributed by atoms with Gasteiger partial charge in [0.2, 0.25) is 0 Å². The maximum atomic E-state index is 11.3. The summed E-state index contributed by atoms with van der Waals surface area (Å²) in [6.45, 7) is 2.91. The molecule has 3 unspecified atom stereocenters. The maximum Gasteiger partial charge on any atom is 0.308 e. The molecule has 3 rings (SSSR count). The van der Waals surface area contributed by atoms with Crippen LogP contribution in [0.25, 0.3) is 0 Å². The molecule has 2 fully saturated rings. The molecule has 0 spiro atoms. The summed E-state index contributed by atoms with van der Waals surface area (Å²) >= 11 is 5.98. The zero-order valence-electron chi connectivity index (χ0n) is 11.0. The van der Waals surface area contributed by atoms with E-state index in [9.17, 15) is 9.90 Å². The molecule has 19 heavy (non-hydrogen) atoms. The van der Waals surface area contributed by atoms with E-state index in [1.54, 1.807) is 0 Å². The average Bonchev–Trinajstić information content (AvgIpc) is 2.90. The molecular weight excluding hydrogens is 262 g/mol. The Bertz CT molecular complexity index is 517. The number of carboxylic acid groups (broad SMARTS) is 1. The smallest absolute Gasteiger partial charge is 0.308 e. The summed E-state index contributed by atoms with van der Waals surface area (Å²) in [6, 6.07) is 6.62. The molecule has 0 aromatic heterocycles. The number of hydrogen-bond acceptors (Lipinski definition) is 2. The van der Waals surface area contributed by atoms with Crippen LogP contribution < -0.4 is 0 Å². The molecule has 1 aromatic carbocycles. The molecule has 2 bridgehead atoms. The minimum Gasteiger partial charge on any atom is -0.481 e. The van der Waals surface area contributed by atoms with Gasteiger partial charge in [-0.15, -0.1) is 0 Å². The standard InChI is InChI=1S/C15H18ClNO2/c1-9-6-11(16)3-2-10(9)8-17-12-4-5-14(17)13(7-12)15(18)19/h2-3,6,12-14H,4-5,7-8H2,1H3,(H,18,19). The Morgan fingerprint density at radius 2 is 2.26 bits per heavy atom. The van der Waals surface area contributed by atoms with E-state index in [2.05, 4.69) is 17.9 Å². The third-order valence-electron chi connectivity index (χ3n) is 4.66. The second kappa shape index (κ2) is 4.80. The van der Waals surface area contributed by atoms with Crippen LogP contribution in [0.5, 0.6) is 0 Å². The number of carboxylic acids is 1. The fraction of sp³-hybridized carbons (Fsp3) is 0.533. The quantitative estimate of drug-likeness (QED) is 0.924. The monoisotopic (exact) mass is 279 g/mol. The van der Waals surface area contributed by atoms with Gasteiger partial charge in [-0.1, -0.05) is 17.7 Å². The molecule has 102 valence electrons. The van der Waals surface area contributed by atoms with E-state index in [1.165, 1.54) is 11.1 Å². The van der Waals surface area contributed by atoms with Gasteiger partial charge in [-0.25, -0.2) is 0 Å². The van der Waals surface area contributed by atoms with E-state index in [4.69, 9.17) is 11.6 Å². The second-order valence-corrected chi connectivity index (χ2v) is 6.16. The highest BCUT2D eigenvalue weighted by Gasteiger charge is 2.48. The first kappa shape index (κ1) is 12.9. The SMILES string of the molecule is Cc1cc(Cl)ccc1CN1C2CCC1C(C(=O)O)C2. The van der Waals surface area contributed by atoms with Crippen molar-refractivity contribution >= 4 is 17.6 Å². The molecule has 2 aliphatic heterocycles. The molecule has 2 heterocycles. The number of carbonyl (C=O) groups is 1. The van der Waals surface area contributed by atoms with Crippen LogP contribution in [0.15, 0.2) is 18.2 Å². The lowest BCUT2D eigenvalue weighted by molar-refractivity contribution is -0.142. The number of fused-ring (bicyclic) bond motifs is 2. The normalized spacial score (nSPS) is 29.9. The number of aliphatic carboxylic acids is 1. The van der Waals surface area contributed by atoms with E-state index in [-0.39, 0.29) is 12.0 Å². The Morgan fingerprint density at radius 3 is 2.89 bits per heavy atom. The van der Waals surface area contributed by atoms with Gasteiger partial charge in [0.25, 0.3) is 0 Å². The van der Waals surface area contributed by atoms with Crippen LogP contribution in [0.4, 0.5) is 0 Å². The molecule has 1 N–H and O–H groups in total. The third-order valence-corrected chi connectivity index (χ3v) is 4.89. The minimum absolute atomic E-state index is 0.175. The molecule has 1 aromatic rings. The largest absolute Gasteiger partial charge is 0.481 e. The van der Waals surface area contributed by atoms with Gasteiger partial charge in [-0.3, -0.25) is 9.69 Å². The molecule has 2 aliphatic rings. The first-order chi connectivity index (χ1) is 9.06. The summed E-state index contributed by atoms with van der Waals surface area (Å²) in [5.74, 6) is -0.809. The first-order valence-electron chi connectivity index (χ1n) is 6.80. The molecule has 4 heteroatoms. The summed E-state index contributed by atoms with van der Waals surface area (Å²) in [5, 5.41) is 10.0. The van der Waals surface area contributed by atoms with Crippen LogP contribution in [0, 0.1) is 12.8 Å². The number of benzene rings is 1. The summed E-state index contributed by atoms with van der Waals surface area (Å²) in [7, 11) is 0. The van der Waals surface area contributed by atoms with Crippen molar-refractivity contribution in [1.82, 2.24) is 4.90 Å². The van der Waals surface area contributed by atoms with Gasteiger partial charge in [0, 0.05) is 23.7 Å². The predicted molar refractivity (Wildman–Crippen MR) is 74.3 cm³/mol. The topological polar surface area (TPSA) is 40.5 Å². The van der Waals surface area contributed by atoms with Crippen LogP contribution >= 0.6 is 11.6 Å². The molecule has 0 saturated carbocycles. The van der Waals surface area contributed by atoms with Crippen molar-refractivity contribution in [2.75, 3.05) is 0 Å². The summed E-state index contributed by atoms with van der Waals surface area (Å²) in [5.41, 5.74) is 2.44. The number of halogens is 1. The first-order valence-corrected chi connectivity index (χ1v) is 7.17. The lowest BCUT2D eigenvalue weighted by atomic mass is 9.89. The lowest BCUT2D eigenvalue weighted by Gasteiger charge is -2.23. The number of aryl methyl sites for hydroxylation is 1. The fourth-order valence-corrected chi connectivity index (χ4v) is 3.87. The highest BCUT2D eigenvalue weighted by molar-refractivity contribution is 6.30. The van der Waals surface area contributed by atoms with Gasteiger partial charge in [0.05, 0.1) is 5.92 Å². The van der Waals surface area contributed by atoms with Gasteiger partial charge in [0.15, 0.2) is 0 Å². The molecule has 0 radical (unpaired) electrons. The van der Waals surface area contributed by atoms with Gasteiger partial charge in [-0.2, -0.15) is 0 Å². The summed E-state index contributed by atoms with van der Waals surface area (Å²) in [4.78, 5) is 13.6. The van der Waals surface area contributed by atoms with Crippen molar-refractivity contribution < 1.29 is 9.90 Å². The van der Waals surface area contributed by atoms with Crippen molar-refractivity contribution in [2.45, 2.75) is 44.8 Å². The summed E-state index contributed by atoms with van der Waals surface area (Å²) < 4.78 is 0. The maximum absolute atomic E-state index is 11.3. The van der Waals surface area contributed by atoms with Gasteiger partial charge < -0.3 is 5.11 Å². The zero-order valence-corrected chi connectivity index (χ0v) is 11.7. The summed E-state index contributed by atoms with van der Waals surface area (Å²) in [6.07, 6.45) is 2.97. The number of rotatable bonds is 3. The second-order valence-electron chi connectivity index (χ2n) is 5.72. The van der Waals surface area contributed by atoms with Crippen molar-refractivity contribution in [3.8, 4) is 0 Å². The van der Waals surface area contributed by atoms with E-state index in [0.717, 1.165) is 30.8 Å². The van der Waals surface area contributed by atoms with Crippen LogP contribution in [-0.4, -0.2) is 28.1 Å². The molecule has 3 atom stereocenters. The zero-order chi connectivity index (χ0) is 13.6. The Hall–Kier alpha value is -1.06. The predicted octanol–water partition coefficient (Wildman–Crippen LogP) is 3.09.